The zero-order valence-electron chi connectivity index (χ0n) is 18.2. The third-order valence-electron chi connectivity index (χ3n) is 4.29. The first-order valence-corrected chi connectivity index (χ1v) is 11.3. The molecule has 34 heavy (non-hydrogen) atoms. The number of halogens is 5. The summed E-state index contributed by atoms with van der Waals surface area (Å²) in [5.41, 5.74) is 4.70. The minimum Gasteiger partial charge on any atom is -0.493 e. The first-order chi connectivity index (χ1) is 16.2. The lowest BCUT2D eigenvalue weighted by molar-refractivity contribution is -0.139. The van der Waals surface area contributed by atoms with Gasteiger partial charge in [-0.05, 0) is 49.4 Å². The van der Waals surface area contributed by atoms with Crippen molar-refractivity contribution in [2.24, 2.45) is 15.9 Å². The summed E-state index contributed by atoms with van der Waals surface area (Å²) in [7, 11) is 0. The van der Waals surface area contributed by atoms with Crippen molar-refractivity contribution in [3.05, 3.63) is 59.2 Å². The molecule has 0 aliphatic carbocycles. The van der Waals surface area contributed by atoms with Gasteiger partial charge in [-0.2, -0.15) is 18.3 Å². The van der Waals surface area contributed by atoms with E-state index >= 15 is 0 Å². The van der Waals surface area contributed by atoms with Crippen LogP contribution in [-0.2, 0) is 6.18 Å². The Labute approximate surface area is 197 Å². The topological polar surface area (TPSA) is 89.4 Å². The molecule has 0 saturated heterocycles. The predicted octanol–water partition coefficient (Wildman–Crippen LogP) is 4.64. The molecule has 2 aromatic rings. The van der Waals surface area contributed by atoms with E-state index in [1.54, 1.807) is 6.26 Å². The Balaban J connectivity index is 2.00. The summed E-state index contributed by atoms with van der Waals surface area (Å²) in [6, 6.07) is 5.64. The molecule has 0 aliphatic rings. The molecule has 186 valence electrons. The second-order valence-corrected chi connectivity index (χ2v) is 7.70. The van der Waals surface area contributed by atoms with Crippen molar-refractivity contribution in [3.8, 4) is 11.5 Å². The summed E-state index contributed by atoms with van der Waals surface area (Å²) in [5.74, 6) is -1.93. The van der Waals surface area contributed by atoms with E-state index in [-0.39, 0.29) is 41.9 Å². The number of nitrogens with zero attached hydrogens (tertiary/aromatic N) is 2. The number of thioether (sulfide) groups is 1. The van der Waals surface area contributed by atoms with Crippen LogP contribution in [0.1, 0.15) is 24.0 Å². The molecule has 12 heteroatoms. The molecule has 0 radical (unpaired) electrons. The van der Waals surface area contributed by atoms with Crippen molar-refractivity contribution in [3.63, 3.8) is 0 Å². The maximum Gasteiger partial charge on any atom is 0.419 e. The van der Waals surface area contributed by atoms with E-state index in [0.29, 0.717) is 12.8 Å². The molecule has 0 amide bonds. The summed E-state index contributed by atoms with van der Waals surface area (Å²) >= 11 is 1.10. The standard InChI is InChI=1S/C22H24F5N3O3S/c1-34-21(30-29-12-16(28)13-31)14-4-7-19(17(10-14)22(25,26)27)32-8-2-3-9-33-20-11-15(23)5-6-18(20)24/h4-7,10-12,16,31H,2-3,8-9,13,28H2,1H3/b29-12+,30-21-. The molecule has 1 unspecified atom stereocenters. The fraction of sp³-hybridized carbons (Fsp3) is 0.364. The van der Waals surface area contributed by atoms with Crippen LogP contribution in [0.2, 0.25) is 0 Å². The summed E-state index contributed by atoms with van der Waals surface area (Å²) in [5, 5.41) is 16.7. The van der Waals surface area contributed by atoms with Crippen molar-refractivity contribution in [1.29, 1.82) is 0 Å². The van der Waals surface area contributed by atoms with Crippen molar-refractivity contribution >= 4 is 23.0 Å². The Morgan fingerprint density at radius 1 is 1.09 bits per heavy atom. The van der Waals surface area contributed by atoms with E-state index in [2.05, 4.69) is 10.2 Å². The minimum atomic E-state index is -4.67. The molecule has 1 atom stereocenters. The van der Waals surface area contributed by atoms with Gasteiger partial charge in [-0.1, -0.05) is 0 Å². The first kappa shape index (κ1) is 27.5. The zero-order valence-corrected chi connectivity index (χ0v) is 19.0. The van der Waals surface area contributed by atoms with Gasteiger partial charge in [0.2, 0.25) is 0 Å². The van der Waals surface area contributed by atoms with Gasteiger partial charge in [-0.3, -0.25) is 0 Å². The van der Waals surface area contributed by atoms with Crippen molar-refractivity contribution in [1.82, 2.24) is 0 Å². The van der Waals surface area contributed by atoms with E-state index in [1.807, 2.05) is 0 Å². The molecule has 2 rings (SSSR count). The maximum absolute atomic E-state index is 13.6. The number of ether oxygens (including phenoxy) is 2. The third-order valence-corrected chi connectivity index (χ3v) is 4.99. The number of alkyl halides is 3. The SMILES string of the molecule is CS/C(=N\N=C\C(N)CO)c1ccc(OCCCCOc2cc(F)ccc2F)c(C(F)(F)F)c1. The minimum absolute atomic E-state index is 0.0375. The normalized spacial score (nSPS) is 13.4. The number of aliphatic hydroxyl groups excluding tert-OH is 1. The fourth-order valence-corrected chi connectivity index (χ4v) is 3.09. The number of unbranched alkanes of at least 4 members (excludes halogenated alkanes) is 1. The number of hydrogen-bond acceptors (Lipinski definition) is 7. The van der Waals surface area contributed by atoms with Crippen LogP contribution in [-0.4, -0.2) is 48.5 Å². The Morgan fingerprint density at radius 2 is 1.76 bits per heavy atom. The molecule has 0 fully saturated rings. The lowest BCUT2D eigenvalue weighted by atomic mass is 10.1. The average molecular weight is 506 g/mol. The lowest BCUT2D eigenvalue weighted by Gasteiger charge is -2.15. The Morgan fingerprint density at radius 3 is 2.38 bits per heavy atom. The molecule has 2 aromatic carbocycles. The maximum atomic E-state index is 13.6. The van der Waals surface area contributed by atoms with Gasteiger partial charge in [0.25, 0.3) is 0 Å². The summed E-state index contributed by atoms with van der Waals surface area (Å²) < 4.78 is 77.9. The van der Waals surface area contributed by atoms with Gasteiger partial charge in [-0.25, -0.2) is 8.78 Å². The first-order valence-electron chi connectivity index (χ1n) is 10.1. The predicted molar refractivity (Wildman–Crippen MR) is 122 cm³/mol. The quantitative estimate of drug-likeness (QED) is 0.153. The van der Waals surface area contributed by atoms with E-state index in [4.69, 9.17) is 20.3 Å². The molecule has 0 heterocycles. The highest BCUT2D eigenvalue weighted by atomic mass is 32.2. The Bertz CT molecular complexity index is 1000. The van der Waals surface area contributed by atoms with Gasteiger partial charge >= 0.3 is 6.18 Å². The smallest absolute Gasteiger partial charge is 0.419 e. The van der Waals surface area contributed by atoms with Crippen LogP contribution in [0.25, 0.3) is 0 Å². The number of nitrogens with two attached hydrogens (primary N) is 1. The number of hydrogen-bond donors (Lipinski definition) is 2. The van der Waals surface area contributed by atoms with Crippen molar-refractivity contribution in [2.45, 2.75) is 25.1 Å². The molecule has 0 saturated carbocycles. The van der Waals surface area contributed by atoms with Crippen LogP contribution in [0.4, 0.5) is 22.0 Å². The molecule has 6 nitrogen and oxygen atoms in total. The molecule has 0 spiro atoms. The Hall–Kier alpha value is -2.70. The summed E-state index contributed by atoms with van der Waals surface area (Å²) in [4.78, 5) is 0. The summed E-state index contributed by atoms with van der Waals surface area (Å²) in [6.07, 6.45) is -1.17. The van der Waals surface area contributed by atoms with Crippen LogP contribution >= 0.6 is 11.8 Å². The van der Waals surface area contributed by atoms with E-state index in [0.717, 1.165) is 36.0 Å². The largest absolute Gasteiger partial charge is 0.493 e. The van der Waals surface area contributed by atoms with Gasteiger partial charge in [0.1, 0.15) is 16.6 Å². The van der Waals surface area contributed by atoms with Crippen molar-refractivity contribution in [2.75, 3.05) is 26.1 Å². The molecule has 0 aliphatic heterocycles. The monoisotopic (exact) mass is 505 g/mol. The average Bonchev–Trinajstić information content (AvgIpc) is 2.80. The van der Waals surface area contributed by atoms with Gasteiger partial charge in [-0.15, -0.1) is 16.9 Å². The van der Waals surface area contributed by atoms with Gasteiger partial charge < -0.3 is 20.3 Å². The van der Waals surface area contributed by atoms with E-state index < -0.39 is 29.4 Å². The lowest BCUT2D eigenvalue weighted by Crippen LogP contribution is -2.25. The van der Waals surface area contributed by atoms with E-state index in [9.17, 15) is 22.0 Å². The van der Waals surface area contributed by atoms with E-state index in [1.165, 1.54) is 18.3 Å². The highest BCUT2D eigenvalue weighted by Gasteiger charge is 2.35. The number of rotatable bonds is 11. The number of benzene rings is 2. The van der Waals surface area contributed by atoms with Crippen molar-refractivity contribution < 1.29 is 36.5 Å². The number of aliphatic hydroxyl groups is 1. The molecular formula is C22H24F5N3O3S. The van der Waals surface area contributed by atoms with Gasteiger partial charge in [0.15, 0.2) is 11.6 Å². The zero-order chi connectivity index (χ0) is 25.1. The third kappa shape index (κ3) is 8.58. The molecular weight excluding hydrogens is 481 g/mol. The summed E-state index contributed by atoms with van der Waals surface area (Å²) in [6.45, 7) is -0.335. The van der Waals surface area contributed by atoms with Crippen LogP contribution < -0.4 is 15.2 Å². The van der Waals surface area contributed by atoms with Crippen LogP contribution in [0.5, 0.6) is 11.5 Å². The molecule has 3 N–H and O–H groups in total. The fourth-order valence-electron chi connectivity index (χ4n) is 2.60. The molecule has 0 aromatic heterocycles. The molecule has 0 bridgehead atoms. The van der Waals surface area contributed by atoms with Gasteiger partial charge in [0.05, 0.1) is 31.4 Å². The van der Waals surface area contributed by atoms with Gasteiger partial charge in [0, 0.05) is 17.8 Å². The van der Waals surface area contributed by atoms with Crippen LogP contribution in [0.3, 0.4) is 0 Å². The highest BCUT2D eigenvalue weighted by Crippen LogP contribution is 2.37. The Kier molecular flexibility index (Phi) is 10.7. The van der Waals surface area contributed by atoms with Crippen LogP contribution in [0, 0.1) is 11.6 Å². The highest BCUT2D eigenvalue weighted by molar-refractivity contribution is 8.13. The van der Waals surface area contributed by atoms with Crippen LogP contribution in [0.15, 0.2) is 46.6 Å². The second kappa shape index (κ2) is 13.3. The second-order valence-electron chi connectivity index (χ2n) is 6.91.